The Morgan fingerprint density at radius 1 is 1.58 bits per heavy atom. The van der Waals surface area contributed by atoms with E-state index in [0.717, 1.165) is 5.57 Å². The van der Waals surface area contributed by atoms with Gasteiger partial charge in [-0.2, -0.15) is 5.26 Å². The number of hydrazine groups is 1. The molecule has 0 saturated carbocycles. The van der Waals surface area contributed by atoms with Crippen LogP contribution in [-0.4, -0.2) is 18.1 Å². The first-order chi connectivity index (χ1) is 5.46. The summed E-state index contributed by atoms with van der Waals surface area (Å²) in [5.41, 5.74) is 3.93. The lowest BCUT2D eigenvalue weighted by Gasteiger charge is -2.32. The molecular formula is C9H15N3. The standard InChI is InChI=1S/C9H15N3/c1-9(2,3)8-7(5-10)6-11-12(8)4/h6,8,11H,1-4H3. The van der Waals surface area contributed by atoms with Crippen molar-refractivity contribution >= 4 is 0 Å². The van der Waals surface area contributed by atoms with Gasteiger partial charge in [-0.15, -0.1) is 0 Å². The van der Waals surface area contributed by atoms with Crippen LogP contribution in [0.25, 0.3) is 0 Å². The van der Waals surface area contributed by atoms with E-state index in [4.69, 9.17) is 5.26 Å². The second-order valence-corrected chi connectivity index (χ2v) is 4.22. The lowest BCUT2D eigenvalue weighted by molar-refractivity contribution is 0.146. The van der Waals surface area contributed by atoms with E-state index in [1.807, 2.05) is 12.1 Å². The van der Waals surface area contributed by atoms with E-state index in [0.29, 0.717) is 0 Å². The van der Waals surface area contributed by atoms with Crippen molar-refractivity contribution in [3.05, 3.63) is 11.8 Å². The van der Waals surface area contributed by atoms with E-state index in [9.17, 15) is 0 Å². The molecule has 0 radical (unpaired) electrons. The van der Waals surface area contributed by atoms with Crippen LogP contribution in [0.2, 0.25) is 0 Å². The summed E-state index contributed by atoms with van der Waals surface area (Å²) < 4.78 is 0. The molecule has 1 aliphatic heterocycles. The third kappa shape index (κ3) is 1.44. The topological polar surface area (TPSA) is 39.1 Å². The molecule has 1 rings (SSSR count). The Kier molecular flexibility index (Phi) is 2.12. The van der Waals surface area contributed by atoms with Crippen LogP contribution >= 0.6 is 0 Å². The highest BCUT2D eigenvalue weighted by atomic mass is 15.5. The van der Waals surface area contributed by atoms with Crippen molar-refractivity contribution in [2.75, 3.05) is 7.05 Å². The molecule has 12 heavy (non-hydrogen) atoms. The molecule has 0 aromatic heterocycles. The SMILES string of the molecule is CN1NC=C(C#N)C1C(C)(C)C. The largest absolute Gasteiger partial charge is 0.325 e. The molecule has 0 saturated heterocycles. The summed E-state index contributed by atoms with van der Waals surface area (Å²) in [6.45, 7) is 6.39. The Labute approximate surface area is 73.6 Å². The molecule has 0 amide bonds. The van der Waals surface area contributed by atoms with Crippen LogP contribution < -0.4 is 5.43 Å². The fourth-order valence-corrected chi connectivity index (χ4v) is 1.67. The van der Waals surface area contributed by atoms with Gasteiger partial charge in [0.15, 0.2) is 0 Å². The van der Waals surface area contributed by atoms with Gasteiger partial charge in [0.05, 0.1) is 17.7 Å². The van der Waals surface area contributed by atoms with Crippen molar-refractivity contribution in [3.63, 3.8) is 0 Å². The molecule has 1 atom stereocenters. The summed E-state index contributed by atoms with van der Waals surface area (Å²) in [6.07, 6.45) is 1.77. The Bertz CT molecular complexity index is 241. The Balaban J connectivity index is 2.89. The molecular weight excluding hydrogens is 150 g/mol. The number of nitrogens with zero attached hydrogens (tertiary/aromatic N) is 2. The highest BCUT2D eigenvalue weighted by molar-refractivity contribution is 5.31. The molecule has 1 N–H and O–H groups in total. The normalized spacial score (nSPS) is 24.6. The number of nitrogens with one attached hydrogen (secondary N) is 1. The van der Waals surface area contributed by atoms with Crippen LogP contribution in [0.3, 0.4) is 0 Å². The van der Waals surface area contributed by atoms with Gasteiger partial charge in [0.2, 0.25) is 0 Å². The molecule has 0 aliphatic carbocycles. The Hall–Kier alpha value is -1.01. The van der Waals surface area contributed by atoms with Crippen LogP contribution in [-0.2, 0) is 0 Å². The first-order valence-electron chi connectivity index (χ1n) is 4.06. The third-order valence-electron chi connectivity index (χ3n) is 2.05. The van der Waals surface area contributed by atoms with Crippen LogP contribution in [0, 0.1) is 16.7 Å². The predicted molar refractivity (Wildman–Crippen MR) is 47.8 cm³/mol. The van der Waals surface area contributed by atoms with Gasteiger partial charge >= 0.3 is 0 Å². The zero-order valence-corrected chi connectivity index (χ0v) is 8.05. The predicted octanol–water partition coefficient (Wildman–Crippen LogP) is 1.26. The zero-order valence-electron chi connectivity index (χ0n) is 8.05. The minimum absolute atomic E-state index is 0.0970. The fraction of sp³-hybridized carbons (Fsp3) is 0.667. The van der Waals surface area contributed by atoms with Gasteiger partial charge in [0.1, 0.15) is 0 Å². The summed E-state index contributed by atoms with van der Waals surface area (Å²) >= 11 is 0. The van der Waals surface area contributed by atoms with Crippen molar-refractivity contribution in [2.24, 2.45) is 5.41 Å². The van der Waals surface area contributed by atoms with Crippen molar-refractivity contribution in [3.8, 4) is 6.07 Å². The number of hydrogen-bond donors (Lipinski definition) is 1. The lowest BCUT2D eigenvalue weighted by Crippen LogP contribution is -2.42. The van der Waals surface area contributed by atoms with Gasteiger partial charge in [-0.3, -0.25) is 0 Å². The van der Waals surface area contributed by atoms with Gasteiger partial charge in [0.25, 0.3) is 0 Å². The van der Waals surface area contributed by atoms with E-state index in [1.165, 1.54) is 0 Å². The molecule has 1 aliphatic rings. The van der Waals surface area contributed by atoms with Gasteiger partial charge in [0, 0.05) is 13.2 Å². The van der Waals surface area contributed by atoms with Gasteiger partial charge in [-0.1, -0.05) is 20.8 Å². The molecule has 66 valence electrons. The van der Waals surface area contributed by atoms with Crippen LogP contribution in [0.15, 0.2) is 11.8 Å². The van der Waals surface area contributed by atoms with E-state index < -0.39 is 0 Å². The van der Waals surface area contributed by atoms with E-state index in [-0.39, 0.29) is 11.5 Å². The molecule has 1 unspecified atom stereocenters. The van der Waals surface area contributed by atoms with Crippen molar-refractivity contribution < 1.29 is 0 Å². The van der Waals surface area contributed by atoms with Gasteiger partial charge in [-0.25, -0.2) is 5.01 Å². The van der Waals surface area contributed by atoms with Crippen LogP contribution in [0.5, 0.6) is 0 Å². The third-order valence-corrected chi connectivity index (χ3v) is 2.05. The summed E-state index contributed by atoms with van der Waals surface area (Å²) in [5.74, 6) is 0. The molecule has 0 bridgehead atoms. The highest BCUT2D eigenvalue weighted by Crippen LogP contribution is 2.30. The Morgan fingerprint density at radius 3 is 2.50 bits per heavy atom. The van der Waals surface area contributed by atoms with Crippen molar-refractivity contribution in [1.82, 2.24) is 10.4 Å². The molecule has 1 heterocycles. The summed E-state index contributed by atoms with van der Waals surface area (Å²) in [6, 6.07) is 2.39. The maximum atomic E-state index is 8.83. The number of hydrogen-bond acceptors (Lipinski definition) is 3. The molecule has 0 fully saturated rings. The van der Waals surface area contributed by atoms with Gasteiger partial charge in [-0.05, 0) is 5.41 Å². The van der Waals surface area contributed by atoms with Crippen molar-refractivity contribution in [2.45, 2.75) is 26.8 Å². The molecule has 3 nitrogen and oxygen atoms in total. The first-order valence-corrected chi connectivity index (χ1v) is 4.06. The highest BCUT2D eigenvalue weighted by Gasteiger charge is 2.34. The van der Waals surface area contributed by atoms with Crippen LogP contribution in [0.4, 0.5) is 0 Å². The number of nitriles is 1. The summed E-state index contributed by atoms with van der Waals surface area (Å²) in [5, 5.41) is 10.8. The number of likely N-dealkylation sites (N-methyl/N-ethyl adjacent to an activating group) is 1. The molecule has 0 aromatic carbocycles. The molecule has 0 spiro atoms. The average Bonchev–Trinajstić information content (AvgIpc) is 2.29. The lowest BCUT2D eigenvalue weighted by atomic mass is 9.83. The minimum atomic E-state index is 0.0970. The maximum absolute atomic E-state index is 8.83. The monoisotopic (exact) mass is 165 g/mol. The fourth-order valence-electron chi connectivity index (χ4n) is 1.67. The van der Waals surface area contributed by atoms with E-state index >= 15 is 0 Å². The van der Waals surface area contributed by atoms with E-state index in [2.05, 4.69) is 32.3 Å². The van der Waals surface area contributed by atoms with Gasteiger partial charge < -0.3 is 5.43 Å². The smallest absolute Gasteiger partial charge is 0.0980 e. The zero-order chi connectivity index (χ0) is 9.35. The van der Waals surface area contributed by atoms with Crippen LogP contribution in [0.1, 0.15) is 20.8 Å². The summed E-state index contributed by atoms with van der Waals surface area (Å²) in [4.78, 5) is 0. The summed E-state index contributed by atoms with van der Waals surface area (Å²) in [7, 11) is 1.96. The quantitative estimate of drug-likeness (QED) is 0.587. The minimum Gasteiger partial charge on any atom is -0.325 e. The Morgan fingerprint density at radius 2 is 2.17 bits per heavy atom. The average molecular weight is 165 g/mol. The first kappa shape index (κ1) is 9.08. The second-order valence-electron chi connectivity index (χ2n) is 4.22. The maximum Gasteiger partial charge on any atom is 0.0980 e. The van der Waals surface area contributed by atoms with Crippen molar-refractivity contribution in [1.29, 1.82) is 5.26 Å². The molecule has 0 aromatic rings. The molecule has 3 heteroatoms. The van der Waals surface area contributed by atoms with E-state index in [1.54, 1.807) is 6.20 Å². The second kappa shape index (κ2) is 2.80. The number of rotatable bonds is 0.